The predicted molar refractivity (Wildman–Crippen MR) is 118 cm³/mol. The van der Waals surface area contributed by atoms with E-state index < -0.39 is 11.7 Å². The van der Waals surface area contributed by atoms with Gasteiger partial charge in [-0.25, -0.2) is 0 Å². The molecule has 2 aliphatic rings. The monoisotopic (exact) mass is 455 g/mol. The van der Waals surface area contributed by atoms with E-state index in [1.54, 1.807) is 6.07 Å². The largest absolute Gasteiger partial charge is 0.416 e. The minimum absolute atomic E-state index is 0.0525. The van der Waals surface area contributed by atoms with Crippen LogP contribution >= 0.6 is 0 Å². The number of rotatable bonds is 8. The Morgan fingerprint density at radius 1 is 1.25 bits per heavy atom. The molecule has 0 bridgehead atoms. The third-order valence-electron chi connectivity index (χ3n) is 6.60. The average molecular weight is 456 g/mol. The molecule has 8 heteroatoms. The molecule has 2 fully saturated rings. The molecule has 2 unspecified atom stereocenters. The number of carbonyl (C=O) groups is 1. The average Bonchev–Trinajstić information content (AvgIpc) is 2.79. The molecule has 1 aromatic rings. The second-order valence-electron chi connectivity index (χ2n) is 8.96. The number of hydrogen-bond donors (Lipinski definition) is 1. The van der Waals surface area contributed by atoms with Gasteiger partial charge in [0.15, 0.2) is 0 Å². The normalized spacial score (nSPS) is 20.4. The van der Waals surface area contributed by atoms with E-state index in [4.69, 9.17) is 4.74 Å². The van der Waals surface area contributed by atoms with Crippen LogP contribution in [0, 0.1) is 5.92 Å². The van der Waals surface area contributed by atoms with Crippen LogP contribution in [0.2, 0.25) is 0 Å². The summed E-state index contributed by atoms with van der Waals surface area (Å²) < 4.78 is 45.0. The van der Waals surface area contributed by atoms with Gasteiger partial charge in [-0.15, -0.1) is 0 Å². The first-order chi connectivity index (χ1) is 15.3. The highest BCUT2D eigenvalue weighted by Gasteiger charge is 2.39. The second-order valence-corrected chi connectivity index (χ2v) is 8.96. The fraction of sp³-hybridized carbons (Fsp3) is 0.708. The maximum atomic E-state index is 13.7. The SMILES string of the molecule is CCCN(C(C)Cc1cccc(C(F)(F)F)c1)C(C(=O)N1CCOCC1)C1CCNCC1. The fourth-order valence-corrected chi connectivity index (χ4v) is 4.97. The van der Waals surface area contributed by atoms with Crippen molar-refractivity contribution < 1.29 is 22.7 Å². The smallest absolute Gasteiger partial charge is 0.378 e. The zero-order valence-corrected chi connectivity index (χ0v) is 19.2. The van der Waals surface area contributed by atoms with Crippen molar-refractivity contribution in [3.63, 3.8) is 0 Å². The van der Waals surface area contributed by atoms with Gasteiger partial charge in [0.2, 0.25) is 5.91 Å². The van der Waals surface area contributed by atoms with E-state index in [1.807, 2.05) is 11.8 Å². The third-order valence-corrected chi connectivity index (χ3v) is 6.60. The molecule has 32 heavy (non-hydrogen) atoms. The summed E-state index contributed by atoms with van der Waals surface area (Å²) in [7, 11) is 0. The van der Waals surface area contributed by atoms with E-state index in [0.717, 1.165) is 45.0 Å². The highest BCUT2D eigenvalue weighted by Crippen LogP contribution is 2.31. The van der Waals surface area contributed by atoms with Crippen LogP contribution in [-0.4, -0.2) is 73.7 Å². The fourth-order valence-electron chi connectivity index (χ4n) is 4.97. The number of morpholine rings is 1. The van der Waals surface area contributed by atoms with E-state index >= 15 is 0 Å². The Morgan fingerprint density at radius 3 is 2.56 bits per heavy atom. The summed E-state index contributed by atoms with van der Waals surface area (Å²) in [5.74, 6) is 0.381. The zero-order valence-electron chi connectivity index (χ0n) is 19.2. The maximum absolute atomic E-state index is 13.7. The lowest BCUT2D eigenvalue weighted by atomic mass is 9.86. The van der Waals surface area contributed by atoms with Crippen LogP contribution < -0.4 is 5.32 Å². The van der Waals surface area contributed by atoms with Gasteiger partial charge >= 0.3 is 6.18 Å². The summed E-state index contributed by atoms with van der Waals surface area (Å²) in [6.07, 6.45) is -1.15. The quantitative estimate of drug-likeness (QED) is 0.651. The highest BCUT2D eigenvalue weighted by atomic mass is 19.4. The minimum atomic E-state index is -4.35. The number of benzene rings is 1. The lowest BCUT2D eigenvalue weighted by Gasteiger charge is -2.43. The molecule has 1 N–H and O–H groups in total. The summed E-state index contributed by atoms with van der Waals surface area (Å²) >= 11 is 0. The van der Waals surface area contributed by atoms with Crippen LogP contribution in [0.25, 0.3) is 0 Å². The molecule has 0 saturated carbocycles. The van der Waals surface area contributed by atoms with Gasteiger partial charge in [0.25, 0.3) is 0 Å². The Labute approximate surface area is 189 Å². The summed E-state index contributed by atoms with van der Waals surface area (Å²) in [6.45, 7) is 8.95. The number of ether oxygens (including phenoxy) is 1. The van der Waals surface area contributed by atoms with Crippen LogP contribution in [0.1, 0.15) is 44.2 Å². The van der Waals surface area contributed by atoms with Gasteiger partial charge in [-0.2, -0.15) is 13.2 Å². The first-order valence-electron chi connectivity index (χ1n) is 11.8. The summed E-state index contributed by atoms with van der Waals surface area (Å²) in [5, 5.41) is 3.38. The number of piperidine rings is 1. The highest BCUT2D eigenvalue weighted by molar-refractivity contribution is 5.82. The summed E-state index contributed by atoms with van der Waals surface area (Å²) in [5.41, 5.74) is 0.0276. The Balaban J connectivity index is 1.84. The van der Waals surface area contributed by atoms with Crippen molar-refractivity contribution in [1.82, 2.24) is 15.1 Å². The van der Waals surface area contributed by atoms with Crippen molar-refractivity contribution in [3.8, 4) is 0 Å². The third kappa shape index (κ3) is 6.45. The number of nitrogens with one attached hydrogen (secondary N) is 1. The van der Waals surface area contributed by atoms with Gasteiger partial charge in [0.05, 0.1) is 24.8 Å². The molecule has 2 saturated heterocycles. The van der Waals surface area contributed by atoms with E-state index in [1.165, 1.54) is 12.1 Å². The number of amides is 1. The topological polar surface area (TPSA) is 44.8 Å². The number of alkyl halides is 3. The standard InChI is InChI=1S/C24H36F3N3O2/c1-3-11-30(18(2)16-19-5-4-6-21(17-19)24(25,26)27)22(20-7-9-28-10-8-20)23(31)29-12-14-32-15-13-29/h4-6,17-18,20,22,28H,3,7-16H2,1-2H3. The molecule has 1 aromatic carbocycles. The molecular formula is C24H36F3N3O2. The molecule has 3 rings (SSSR count). The molecule has 2 heterocycles. The molecule has 2 aliphatic heterocycles. The minimum Gasteiger partial charge on any atom is -0.378 e. The molecule has 0 radical (unpaired) electrons. The van der Waals surface area contributed by atoms with Gasteiger partial charge in [-0.3, -0.25) is 9.69 Å². The number of halogens is 3. The Kier molecular flexibility index (Phi) is 8.96. The molecular weight excluding hydrogens is 419 g/mol. The second kappa shape index (κ2) is 11.5. The van der Waals surface area contributed by atoms with E-state index in [0.29, 0.717) is 38.3 Å². The first kappa shape index (κ1) is 25.0. The van der Waals surface area contributed by atoms with Crippen LogP contribution in [0.5, 0.6) is 0 Å². The van der Waals surface area contributed by atoms with Crippen molar-refractivity contribution in [2.75, 3.05) is 45.9 Å². The number of hydrogen-bond acceptors (Lipinski definition) is 4. The Hall–Kier alpha value is -1.64. The molecule has 2 atom stereocenters. The molecule has 0 aromatic heterocycles. The summed E-state index contributed by atoms with van der Waals surface area (Å²) in [4.78, 5) is 17.9. The molecule has 0 aliphatic carbocycles. The van der Waals surface area contributed by atoms with Crippen molar-refractivity contribution in [2.24, 2.45) is 5.92 Å². The maximum Gasteiger partial charge on any atom is 0.416 e. The Morgan fingerprint density at radius 2 is 1.94 bits per heavy atom. The van der Waals surface area contributed by atoms with Crippen LogP contribution in [0.15, 0.2) is 24.3 Å². The number of nitrogens with zero attached hydrogens (tertiary/aromatic N) is 2. The number of carbonyl (C=O) groups excluding carboxylic acids is 1. The van der Waals surface area contributed by atoms with Crippen LogP contribution in [0.3, 0.4) is 0 Å². The van der Waals surface area contributed by atoms with Gasteiger partial charge < -0.3 is 15.0 Å². The van der Waals surface area contributed by atoms with Gasteiger partial charge in [-0.1, -0.05) is 25.1 Å². The van der Waals surface area contributed by atoms with E-state index in [-0.39, 0.29) is 23.9 Å². The molecule has 1 amide bonds. The summed E-state index contributed by atoms with van der Waals surface area (Å²) in [6, 6.07) is 5.26. The molecule has 0 spiro atoms. The molecule has 5 nitrogen and oxygen atoms in total. The van der Waals surface area contributed by atoms with Crippen molar-refractivity contribution in [1.29, 1.82) is 0 Å². The van der Waals surface area contributed by atoms with Gasteiger partial charge in [0.1, 0.15) is 0 Å². The van der Waals surface area contributed by atoms with Gasteiger partial charge in [-0.05, 0) is 69.8 Å². The molecule has 180 valence electrons. The van der Waals surface area contributed by atoms with E-state index in [2.05, 4.69) is 17.1 Å². The first-order valence-corrected chi connectivity index (χ1v) is 11.8. The zero-order chi connectivity index (χ0) is 23.1. The lowest BCUT2D eigenvalue weighted by molar-refractivity contribution is -0.145. The van der Waals surface area contributed by atoms with E-state index in [9.17, 15) is 18.0 Å². The van der Waals surface area contributed by atoms with Crippen LogP contribution in [-0.2, 0) is 22.1 Å². The van der Waals surface area contributed by atoms with Crippen molar-refractivity contribution in [3.05, 3.63) is 35.4 Å². The predicted octanol–water partition coefficient (Wildman–Crippen LogP) is 3.58. The lowest BCUT2D eigenvalue weighted by Crippen LogP contribution is -2.58. The van der Waals surface area contributed by atoms with Gasteiger partial charge in [0, 0.05) is 19.1 Å². The Bertz CT molecular complexity index is 731. The van der Waals surface area contributed by atoms with Crippen molar-refractivity contribution in [2.45, 2.75) is 57.8 Å². The van der Waals surface area contributed by atoms with Crippen LogP contribution in [0.4, 0.5) is 13.2 Å². The van der Waals surface area contributed by atoms with Crippen molar-refractivity contribution >= 4 is 5.91 Å².